The number of benzene rings is 2. The molecule has 142 valence electrons. The molecule has 0 atom stereocenters. The highest BCUT2D eigenvalue weighted by Gasteiger charge is 2.24. The predicted octanol–water partition coefficient (Wildman–Crippen LogP) is 4.86. The topological polar surface area (TPSA) is 67.9 Å². The van der Waals surface area contributed by atoms with Crippen molar-refractivity contribution in [3.05, 3.63) is 47.5 Å². The molecule has 1 N–H and O–H groups in total. The summed E-state index contributed by atoms with van der Waals surface area (Å²) in [5.74, 6) is 1.53. The zero-order chi connectivity index (χ0) is 19.6. The molecule has 2 aromatic rings. The summed E-state index contributed by atoms with van der Waals surface area (Å²) >= 11 is 0. The number of carbonyl (C=O) groups excluding carboxylic acids is 2. The second kappa shape index (κ2) is 7.70. The SMILES string of the molecule is CC(C)c1cccc(C(C)C)c1N(C=O)C(=O)Nc1ccc2c(c1)OCO2. The van der Waals surface area contributed by atoms with Crippen molar-refractivity contribution in [2.24, 2.45) is 0 Å². The Hall–Kier alpha value is -3.02. The van der Waals surface area contributed by atoms with E-state index in [4.69, 9.17) is 9.47 Å². The number of hydrogen-bond acceptors (Lipinski definition) is 4. The van der Waals surface area contributed by atoms with Crippen LogP contribution in [0.25, 0.3) is 0 Å². The number of urea groups is 1. The van der Waals surface area contributed by atoms with E-state index < -0.39 is 6.03 Å². The fourth-order valence-electron chi connectivity index (χ4n) is 3.15. The summed E-state index contributed by atoms with van der Waals surface area (Å²) in [7, 11) is 0. The first-order valence-electron chi connectivity index (χ1n) is 9.00. The molecule has 0 spiro atoms. The van der Waals surface area contributed by atoms with Gasteiger partial charge >= 0.3 is 6.03 Å². The average Bonchev–Trinajstić information content (AvgIpc) is 3.09. The molecule has 3 rings (SSSR count). The minimum absolute atomic E-state index is 0.159. The number of carbonyl (C=O) groups is 2. The van der Waals surface area contributed by atoms with Gasteiger partial charge in [0.15, 0.2) is 11.5 Å². The number of ether oxygens (including phenoxy) is 2. The first-order valence-corrected chi connectivity index (χ1v) is 9.00. The summed E-state index contributed by atoms with van der Waals surface area (Å²) in [5.41, 5.74) is 3.09. The standard InChI is InChI=1S/C21H24N2O4/c1-13(2)16-6-5-7-17(14(3)4)20(16)23(11-24)21(25)22-15-8-9-18-19(10-15)27-12-26-18/h5-11,13-14H,12H2,1-4H3,(H,22,25). The number of hydrogen-bond donors (Lipinski definition) is 1. The van der Waals surface area contributed by atoms with Crippen molar-refractivity contribution < 1.29 is 19.1 Å². The summed E-state index contributed by atoms with van der Waals surface area (Å²) in [4.78, 5) is 25.9. The van der Waals surface area contributed by atoms with E-state index in [1.165, 1.54) is 0 Å². The normalized spacial score (nSPS) is 12.4. The number of rotatable bonds is 5. The molecule has 0 aliphatic carbocycles. The number of nitrogens with one attached hydrogen (secondary N) is 1. The molecule has 2 aromatic carbocycles. The van der Waals surface area contributed by atoms with E-state index in [0.29, 0.717) is 29.3 Å². The smallest absolute Gasteiger partial charge is 0.332 e. The molecule has 3 amide bonds. The lowest BCUT2D eigenvalue weighted by molar-refractivity contribution is -0.106. The fraction of sp³-hybridized carbons (Fsp3) is 0.333. The van der Waals surface area contributed by atoms with Crippen molar-refractivity contribution in [2.45, 2.75) is 39.5 Å². The molecular formula is C21H24N2O4. The Morgan fingerprint density at radius 3 is 2.26 bits per heavy atom. The van der Waals surface area contributed by atoms with E-state index in [-0.39, 0.29) is 18.6 Å². The molecule has 0 saturated carbocycles. The van der Waals surface area contributed by atoms with Gasteiger partial charge in [0.25, 0.3) is 0 Å². The van der Waals surface area contributed by atoms with Gasteiger partial charge in [-0.05, 0) is 35.1 Å². The Bertz CT molecular complexity index is 835. The molecule has 0 radical (unpaired) electrons. The van der Waals surface area contributed by atoms with Crippen LogP contribution in [0.15, 0.2) is 36.4 Å². The summed E-state index contributed by atoms with van der Waals surface area (Å²) in [6.07, 6.45) is 0.565. The highest BCUT2D eigenvalue weighted by molar-refractivity contribution is 6.13. The summed E-state index contributed by atoms with van der Waals surface area (Å²) < 4.78 is 10.6. The number of anilines is 2. The molecule has 6 heteroatoms. The van der Waals surface area contributed by atoms with E-state index in [9.17, 15) is 9.59 Å². The fourth-order valence-corrected chi connectivity index (χ4v) is 3.15. The lowest BCUT2D eigenvalue weighted by Gasteiger charge is -2.26. The van der Waals surface area contributed by atoms with Crippen molar-refractivity contribution in [3.8, 4) is 11.5 Å². The Labute approximate surface area is 159 Å². The Morgan fingerprint density at radius 1 is 1.04 bits per heavy atom. The molecular weight excluding hydrogens is 344 g/mol. The van der Waals surface area contributed by atoms with Gasteiger partial charge in [-0.25, -0.2) is 9.69 Å². The van der Waals surface area contributed by atoms with Crippen LogP contribution in [0.1, 0.15) is 50.7 Å². The molecule has 0 unspecified atom stereocenters. The van der Waals surface area contributed by atoms with Crippen LogP contribution >= 0.6 is 0 Å². The van der Waals surface area contributed by atoms with E-state index >= 15 is 0 Å². The van der Waals surface area contributed by atoms with Gasteiger partial charge in [-0.1, -0.05) is 45.9 Å². The maximum absolute atomic E-state index is 12.9. The van der Waals surface area contributed by atoms with Gasteiger partial charge in [-0.3, -0.25) is 4.79 Å². The second-order valence-corrected chi connectivity index (χ2v) is 7.07. The third kappa shape index (κ3) is 3.74. The number of nitrogens with zero attached hydrogens (tertiary/aromatic N) is 1. The van der Waals surface area contributed by atoms with Gasteiger partial charge in [-0.2, -0.15) is 0 Å². The second-order valence-electron chi connectivity index (χ2n) is 7.07. The highest BCUT2D eigenvalue weighted by Crippen LogP contribution is 2.36. The van der Waals surface area contributed by atoms with Crippen LogP contribution in [0.3, 0.4) is 0 Å². The molecule has 27 heavy (non-hydrogen) atoms. The van der Waals surface area contributed by atoms with Crippen LogP contribution in [0.4, 0.5) is 16.2 Å². The Balaban J connectivity index is 1.95. The molecule has 1 heterocycles. The van der Waals surface area contributed by atoms with Crippen LogP contribution in [-0.2, 0) is 4.79 Å². The number of para-hydroxylation sites is 1. The van der Waals surface area contributed by atoms with E-state index in [1.807, 2.05) is 45.9 Å². The monoisotopic (exact) mass is 368 g/mol. The molecule has 0 fully saturated rings. The van der Waals surface area contributed by atoms with Crippen LogP contribution < -0.4 is 19.7 Å². The summed E-state index contributed by atoms with van der Waals surface area (Å²) in [6, 6.07) is 10.5. The third-order valence-electron chi connectivity index (χ3n) is 4.53. The van der Waals surface area contributed by atoms with Crippen LogP contribution in [0.5, 0.6) is 11.5 Å². The average molecular weight is 368 g/mol. The van der Waals surface area contributed by atoms with Crippen molar-refractivity contribution >= 4 is 23.8 Å². The molecule has 0 bridgehead atoms. The number of amides is 3. The van der Waals surface area contributed by atoms with Gasteiger partial charge in [-0.15, -0.1) is 0 Å². The van der Waals surface area contributed by atoms with Gasteiger partial charge in [0.2, 0.25) is 13.2 Å². The minimum atomic E-state index is -0.515. The molecule has 1 aliphatic heterocycles. The Kier molecular flexibility index (Phi) is 5.35. The zero-order valence-electron chi connectivity index (χ0n) is 16.0. The highest BCUT2D eigenvalue weighted by atomic mass is 16.7. The Morgan fingerprint density at radius 2 is 1.67 bits per heavy atom. The summed E-state index contributed by atoms with van der Waals surface area (Å²) in [5, 5.41) is 2.77. The van der Waals surface area contributed by atoms with Crippen molar-refractivity contribution in [1.82, 2.24) is 0 Å². The molecule has 0 saturated heterocycles. The maximum Gasteiger partial charge on any atom is 0.332 e. The molecule has 6 nitrogen and oxygen atoms in total. The first kappa shape index (κ1) is 18.8. The van der Waals surface area contributed by atoms with E-state index in [1.54, 1.807) is 18.2 Å². The quantitative estimate of drug-likeness (QED) is 0.766. The largest absolute Gasteiger partial charge is 0.454 e. The first-order chi connectivity index (χ1) is 12.9. The third-order valence-corrected chi connectivity index (χ3v) is 4.53. The van der Waals surface area contributed by atoms with Crippen molar-refractivity contribution in [2.75, 3.05) is 17.0 Å². The number of imide groups is 1. The van der Waals surface area contributed by atoms with Gasteiger partial charge < -0.3 is 14.8 Å². The maximum atomic E-state index is 12.9. The number of fused-ring (bicyclic) bond motifs is 1. The van der Waals surface area contributed by atoms with E-state index in [2.05, 4.69) is 5.32 Å². The van der Waals surface area contributed by atoms with Crippen molar-refractivity contribution in [3.63, 3.8) is 0 Å². The van der Waals surface area contributed by atoms with Gasteiger partial charge in [0, 0.05) is 11.8 Å². The van der Waals surface area contributed by atoms with Gasteiger partial charge in [0.05, 0.1) is 5.69 Å². The van der Waals surface area contributed by atoms with Crippen LogP contribution in [-0.4, -0.2) is 19.2 Å². The molecule has 1 aliphatic rings. The minimum Gasteiger partial charge on any atom is -0.454 e. The van der Waals surface area contributed by atoms with Gasteiger partial charge in [0.1, 0.15) is 0 Å². The van der Waals surface area contributed by atoms with E-state index in [0.717, 1.165) is 16.0 Å². The van der Waals surface area contributed by atoms with Crippen LogP contribution in [0.2, 0.25) is 0 Å². The molecule has 0 aromatic heterocycles. The van der Waals surface area contributed by atoms with Crippen molar-refractivity contribution in [1.29, 1.82) is 0 Å². The lowest BCUT2D eigenvalue weighted by atomic mass is 9.92. The lowest BCUT2D eigenvalue weighted by Crippen LogP contribution is -2.35. The zero-order valence-corrected chi connectivity index (χ0v) is 16.0. The van der Waals surface area contributed by atoms with Crippen LogP contribution in [0, 0.1) is 0 Å². The predicted molar refractivity (Wildman–Crippen MR) is 105 cm³/mol. The summed E-state index contributed by atoms with van der Waals surface area (Å²) in [6.45, 7) is 8.33.